The maximum Gasteiger partial charge on any atom is 0.334 e. The molecule has 4 nitrogen and oxygen atoms in total. The molecule has 100 valence electrons. The minimum absolute atomic E-state index is 0.0194. The van der Waals surface area contributed by atoms with Gasteiger partial charge in [-0.25, -0.2) is 4.79 Å². The van der Waals surface area contributed by atoms with E-state index in [0.717, 1.165) is 11.1 Å². The summed E-state index contributed by atoms with van der Waals surface area (Å²) in [7, 11) is 0. The van der Waals surface area contributed by atoms with E-state index in [1.807, 2.05) is 13.8 Å². The monoisotopic (exact) mass is 260 g/mol. The molecule has 19 heavy (non-hydrogen) atoms. The SMILES string of the molecule is CC1=CC(=O)C2=C(C)CC(O)C3=C(C)C(=O)OC3C12. The summed E-state index contributed by atoms with van der Waals surface area (Å²) in [5.74, 6) is -0.625. The van der Waals surface area contributed by atoms with Crippen molar-refractivity contribution in [3.63, 3.8) is 0 Å². The molecule has 1 aliphatic heterocycles. The molecule has 0 aromatic heterocycles. The molecule has 0 radical (unpaired) electrons. The Morgan fingerprint density at radius 2 is 1.95 bits per heavy atom. The molecule has 0 amide bonds. The average molecular weight is 260 g/mol. The highest BCUT2D eigenvalue weighted by atomic mass is 16.5. The van der Waals surface area contributed by atoms with Gasteiger partial charge in [0.15, 0.2) is 5.78 Å². The van der Waals surface area contributed by atoms with E-state index in [1.54, 1.807) is 13.0 Å². The molecule has 3 aliphatic rings. The lowest BCUT2D eigenvalue weighted by molar-refractivity contribution is -0.141. The van der Waals surface area contributed by atoms with Crippen LogP contribution in [-0.4, -0.2) is 29.1 Å². The Morgan fingerprint density at radius 3 is 2.63 bits per heavy atom. The van der Waals surface area contributed by atoms with Crippen LogP contribution in [0.15, 0.2) is 33.9 Å². The fraction of sp³-hybridized carbons (Fsp3) is 0.467. The first-order valence-electron chi connectivity index (χ1n) is 6.43. The second-order valence-electron chi connectivity index (χ2n) is 5.55. The number of allylic oxidation sites excluding steroid dienone is 1. The van der Waals surface area contributed by atoms with E-state index in [1.165, 1.54) is 0 Å². The first-order valence-corrected chi connectivity index (χ1v) is 6.43. The summed E-state index contributed by atoms with van der Waals surface area (Å²) in [6, 6.07) is 0. The molecule has 1 N–H and O–H groups in total. The Kier molecular flexibility index (Phi) is 2.54. The van der Waals surface area contributed by atoms with Gasteiger partial charge < -0.3 is 9.84 Å². The van der Waals surface area contributed by atoms with Crippen molar-refractivity contribution in [3.8, 4) is 0 Å². The smallest absolute Gasteiger partial charge is 0.334 e. The Labute approximate surface area is 111 Å². The number of carbonyl (C=O) groups excluding carboxylic acids is 2. The molecule has 4 heteroatoms. The third-order valence-corrected chi connectivity index (χ3v) is 4.33. The van der Waals surface area contributed by atoms with Gasteiger partial charge in [0, 0.05) is 16.7 Å². The number of rotatable bonds is 0. The second-order valence-corrected chi connectivity index (χ2v) is 5.55. The third-order valence-electron chi connectivity index (χ3n) is 4.33. The van der Waals surface area contributed by atoms with Crippen molar-refractivity contribution in [1.82, 2.24) is 0 Å². The maximum absolute atomic E-state index is 12.1. The molecule has 0 aromatic rings. The first kappa shape index (κ1) is 12.4. The third kappa shape index (κ3) is 1.56. The van der Waals surface area contributed by atoms with E-state index in [-0.39, 0.29) is 17.7 Å². The van der Waals surface area contributed by atoms with Crippen LogP contribution in [0.2, 0.25) is 0 Å². The van der Waals surface area contributed by atoms with Crippen LogP contribution in [0.25, 0.3) is 0 Å². The lowest BCUT2D eigenvalue weighted by Gasteiger charge is -2.22. The number of hydrogen-bond donors (Lipinski definition) is 1. The molecular weight excluding hydrogens is 244 g/mol. The second kappa shape index (κ2) is 3.90. The van der Waals surface area contributed by atoms with Crippen LogP contribution in [0.5, 0.6) is 0 Å². The quantitative estimate of drug-likeness (QED) is 0.670. The van der Waals surface area contributed by atoms with Gasteiger partial charge in [-0.15, -0.1) is 0 Å². The number of aliphatic hydroxyl groups is 1. The van der Waals surface area contributed by atoms with Gasteiger partial charge in [0.25, 0.3) is 0 Å². The highest BCUT2D eigenvalue weighted by Crippen LogP contribution is 2.45. The fourth-order valence-corrected chi connectivity index (χ4v) is 3.42. The van der Waals surface area contributed by atoms with E-state index < -0.39 is 12.2 Å². The molecule has 3 unspecified atom stereocenters. The molecular formula is C15H16O4. The molecule has 0 spiro atoms. The summed E-state index contributed by atoms with van der Waals surface area (Å²) in [5, 5.41) is 10.3. The Balaban J connectivity index is 2.19. The lowest BCUT2D eigenvalue weighted by Crippen LogP contribution is -2.27. The summed E-state index contributed by atoms with van der Waals surface area (Å²) in [4.78, 5) is 23.8. The van der Waals surface area contributed by atoms with Gasteiger partial charge in [-0.3, -0.25) is 4.79 Å². The number of carbonyl (C=O) groups is 2. The molecule has 0 aromatic carbocycles. The standard InChI is InChI=1S/C15H16O4/c1-6-4-10(17)13-8(3)15(18)19-14(13)12-7(2)5-9(16)11(6)12/h5,10,12,14,17H,4H2,1-3H3. The predicted molar refractivity (Wildman–Crippen MR) is 68.2 cm³/mol. The van der Waals surface area contributed by atoms with Crippen LogP contribution in [0.4, 0.5) is 0 Å². The van der Waals surface area contributed by atoms with Crippen LogP contribution >= 0.6 is 0 Å². The Hall–Kier alpha value is -1.68. The normalized spacial score (nSPS) is 34.1. The Bertz CT molecular complexity index is 591. The van der Waals surface area contributed by atoms with Gasteiger partial charge in [-0.05, 0) is 33.3 Å². The number of hydrogen-bond acceptors (Lipinski definition) is 4. The number of fused-ring (bicyclic) bond motifs is 3. The topological polar surface area (TPSA) is 63.6 Å². The summed E-state index contributed by atoms with van der Waals surface area (Å²) in [6.45, 7) is 5.42. The first-order chi connectivity index (χ1) is 8.91. The van der Waals surface area contributed by atoms with Crippen LogP contribution in [0, 0.1) is 5.92 Å². The van der Waals surface area contributed by atoms with Crippen molar-refractivity contribution in [2.45, 2.75) is 39.4 Å². The van der Waals surface area contributed by atoms with Crippen LogP contribution in [0.1, 0.15) is 27.2 Å². The van der Waals surface area contributed by atoms with Crippen LogP contribution < -0.4 is 0 Å². The van der Waals surface area contributed by atoms with Gasteiger partial charge in [0.2, 0.25) is 0 Å². The molecule has 1 heterocycles. The minimum atomic E-state index is -0.741. The number of ketones is 1. The highest BCUT2D eigenvalue weighted by Gasteiger charge is 2.47. The van der Waals surface area contributed by atoms with E-state index in [0.29, 0.717) is 23.1 Å². The van der Waals surface area contributed by atoms with E-state index >= 15 is 0 Å². The summed E-state index contributed by atoms with van der Waals surface area (Å²) in [6.07, 6.45) is 0.742. The van der Waals surface area contributed by atoms with Crippen molar-refractivity contribution >= 4 is 11.8 Å². The van der Waals surface area contributed by atoms with Crippen molar-refractivity contribution in [2.24, 2.45) is 5.92 Å². The number of esters is 1. The molecule has 2 aliphatic carbocycles. The number of ether oxygens (including phenoxy) is 1. The largest absolute Gasteiger partial charge is 0.453 e. The zero-order valence-electron chi connectivity index (χ0n) is 11.2. The summed E-state index contributed by atoms with van der Waals surface area (Å²) >= 11 is 0. The van der Waals surface area contributed by atoms with Gasteiger partial charge >= 0.3 is 5.97 Å². The molecule has 0 bridgehead atoms. The van der Waals surface area contributed by atoms with Crippen molar-refractivity contribution < 1.29 is 19.4 Å². The molecule has 3 atom stereocenters. The minimum Gasteiger partial charge on any atom is -0.453 e. The zero-order chi connectivity index (χ0) is 13.9. The van der Waals surface area contributed by atoms with E-state index in [9.17, 15) is 14.7 Å². The van der Waals surface area contributed by atoms with Gasteiger partial charge in [0.05, 0.1) is 12.0 Å². The van der Waals surface area contributed by atoms with Crippen LogP contribution in [-0.2, 0) is 14.3 Å². The van der Waals surface area contributed by atoms with Gasteiger partial charge in [-0.1, -0.05) is 11.1 Å². The average Bonchev–Trinajstić information content (AvgIpc) is 2.72. The van der Waals surface area contributed by atoms with E-state index in [4.69, 9.17) is 4.74 Å². The highest BCUT2D eigenvalue weighted by molar-refractivity contribution is 6.09. The van der Waals surface area contributed by atoms with Gasteiger partial charge in [-0.2, -0.15) is 0 Å². The maximum atomic E-state index is 12.1. The van der Waals surface area contributed by atoms with E-state index in [2.05, 4.69) is 0 Å². The molecule has 0 saturated heterocycles. The summed E-state index contributed by atoms with van der Waals surface area (Å²) in [5.41, 5.74) is 3.62. The van der Waals surface area contributed by atoms with Crippen LogP contribution in [0.3, 0.4) is 0 Å². The van der Waals surface area contributed by atoms with Crippen molar-refractivity contribution in [2.75, 3.05) is 0 Å². The number of aliphatic hydroxyl groups excluding tert-OH is 1. The fourth-order valence-electron chi connectivity index (χ4n) is 3.42. The van der Waals surface area contributed by atoms with Crippen molar-refractivity contribution in [1.29, 1.82) is 0 Å². The zero-order valence-corrected chi connectivity index (χ0v) is 11.2. The molecule has 0 saturated carbocycles. The lowest BCUT2D eigenvalue weighted by atomic mass is 9.86. The van der Waals surface area contributed by atoms with Gasteiger partial charge in [0.1, 0.15) is 6.10 Å². The molecule has 0 fully saturated rings. The Morgan fingerprint density at radius 1 is 1.26 bits per heavy atom. The van der Waals surface area contributed by atoms with Crippen molar-refractivity contribution in [3.05, 3.63) is 33.9 Å². The summed E-state index contributed by atoms with van der Waals surface area (Å²) < 4.78 is 5.41. The molecule has 3 rings (SSSR count). The predicted octanol–water partition coefficient (Wildman–Crippen LogP) is 1.45.